The van der Waals surface area contributed by atoms with Gasteiger partial charge in [0, 0.05) is 5.70 Å². The zero-order chi connectivity index (χ0) is 10.6. The fraction of sp³-hybridized carbons (Fsp3) is 0.556. The van der Waals surface area contributed by atoms with Crippen molar-refractivity contribution in [1.29, 1.82) is 0 Å². The number of carbonyl (C=O) groups is 2. The lowest BCUT2D eigenvalue weighted by Crippen LogP contribution is -2.32. The molecule has 5 nitrogen and oxygen atoms in total. The van der Waals surface area contributed by atoms with Crippen molar-refractivity contribution in [3.05, 3.63) is 11.3 Å². The first-order valence-corrected chi connectivity index (χ1v) is 4.60. The van der Waals surface area contributed by atoms with E-state index in [1.807, 2.05) is 0 Å². The van der Waals surface area contributed by atoms with E-state index in [4.69, 9.17) is 10.8 Å². The Kier molecular flexibility index (Phi) is 3.64. The molecular formula is C9H14N2O3. The topological polar surface area (TPSA) is 92.4 Å². The van der Waals surface area contributed by atoms with Crippen LogP contribution < -0.4 is 11.1 Å². The van der Waals surface area contributed by atoms with E-state index in [1.54, 1.807) is 0 Å². The van der Waals surface area contributed by atoms with Crippen LogP contribution in [0.4, 0.5) is 0 Å². The van der Waals surface area contributed by atoms with Crippen molar-refractivity contribution in [3.63, 3.8) is 0 Å². The van der Waals surface area contributed by atoms with Crippen molar-refractivity contribution in [1.82, 2.24) is 5.32 Å². The number of rotatable bonds is 3. The van der Waals surface area contributed by atoms with E-state index in [1.165, 1.54) is 0 Å². The second kappa shape index (κ2) is 4.76. The van der Waals surface area contributed by atoms with E-state index in [-0.39, 0.29) is 12.5 Å². The summed E-state index contributed by atoms with van der Waals surface area (Å²) in [6.07, 6.45) is 2.92. The second-order valence-corrected chi connectivity index (χ2v) is 3.22. The molecule has 1 rings (SSSR count). The Hall–Kier alpha value is -1.36. The fourth-order valence-corrected chi connectivity index (χ4v) is 1.50. The van der Waals surface area contributed by atoms with Crippen LogP contribution in [0.15, 0.2) is 11.3 Å². The SMILES string of the molecule is NCC(=O)NC1=C(C(=O)O)CCCC1. The summed E-state index contributed by atoms with van der Waals surface area (Å²) in [6.45, 7) is -0.115. The average molecular weight is 198 g/mol. The Morgan fingerprint density at radius 1 is 1.36 bits per heavy atom. The molecule has 0 aliphatic heterocycles. The standard InChI is InChI=1S/C9H14N2O3/c10-5-8(12)11-7-4-2-1-3-6(7)9(13)14/h1-5,10H2,(H,11,12)(H,13,14). The Morgan fingerprint density at radius 3 is 2.57 bits per heavy atom. The van der Waals surface area contributed by atoms with Crippen LogP contribution in [0.3, 0.4) is 0 Å². The summed E-state index contributed by atoms with van der Waals surface area (Å²) in [6, 6.07) is 0. The molecule has 0 saturated carbocycles. The molecule has 5 heteroatoms. The molecule has 0 bridgehead atoms. The third-order valence-corrected chi connectivity index (χ3v) is 2.20. The Bertz CT molecular complexity index is 284. The molecule has 0 aromatic heterocycles. The molecule has 1 amide bonds. The van der Waals surface area contributed by atoms with Gasteiger partial charge in [-0.25, -0.2) is 4.79 Å². The molecule has 1 aliphatic rings. The minimum absolute atomic E-state index is 0.115. The highest BCUT2D eigenvalue weighted by atomic mass is 16.4. The van der Waals surface area contributed by atoms with Crippen LogP contribution in [0.5, 0.6) is 0 Å². The molecule has 1 aliphatic carbocycles. The van der Waals surface area contributed by atoms with E-state index < -0.39 is 5.97 Å². The number of nitrogens with one attached hydrogen (secondary N) is 1. The monoisotopic (exact) mass is 198 g/mol. The summed E-state index contributed by atoms with van der Waals surface area (Å²) in [7, 11) is 0. The van der Waals surface area contributed by atoms with Gasteiger partial charge in [0.25, 0.3) is 0 Å². The summed E-state index contributed by atoms with van der Waals surface area (Å²) in [5.74, 6) is -1.28. The van der Waals surface area contributed by atoms with E-state index in [2.05, 4.69) is 5.32 Å². The van der Waals surface area contributed by atoms with Crippen LogP contribution in [0.2, 0.25) is 0 Å². The molecule has 0 spiro atoms. The summed E-state index contributed by atoms with van der Waals surface area (Å²) < 4.78 is 0. The van der Waals surface area contributed by atoms with Crippen LogP contribution in [0.25, 0.3) is 0 Å². The summed E-state index contributed by atoms with van der Waals surface area (Å²) >= 11 is 0. The third-order valence-electron chi connectivity index (χ3n) is 2.20. The van der Waals surface area contributed by atoms with Gasteiger partial charge < -0.3 is 16.2 Å². The first kappa shape index (κ1) is 10.7. The molecule has 0 unspecified atom stereocenters. The van der Waals surface area contributed by atoms with Crippen molar-refractivity contribution in [3.8, 4) is 0 Å². The third kappa shape index (κ3) is 2.56. The van der Waals surface area contributed by atoms with Gasteiger partial charge in [-0.1, -0.05) is 0 Å². The van der Waals surface area contributed by atoms with Crippen LogP contribution in [-0.2, 0) is 9.59 Å². The first-order valence-electron chi connectivity index (χ1n) is 4.60. The maximum absolute atomic E-state index is 11.0. The lowest BCUT2D eigenvalue weighted by Gasteiger charge is -2.17. The molecule has 0 atom stereocenters. The largest absolute Gasteiger partial charge is 0.478 e. The predicted octanol–water partition coefficient (Wildman–Crippen LogP) is -0.0260. The summed E-state index contributed by atoms with van der Waals surface area (Å²) in [4.78, 5) is 21.8. The van der Waals surface area contributed by atoms with Crippen molar-refractivity contribution < 1.29 is 14.7 Å². The van der Waals surface area contributed by atoms with Gasteiger partial charge in [0.15, 0.2) is 0 Å². The minimum atomic E-state index is -0.947. The van der Waals surface area contributed by atoms with E-state index >= 15 is 0 Å². The maximum atomic E-state index is 11.0. The number of aliphatic carboxylic acids is 1. The molecule has 0 saturated heterocycles. The molecule has 0 heterocycles. The number of hydrogen-bond acceptors (Lipinski definition) is 3. The van der Waals surface area contributed by atoms with Gasteiger partial charge in [0.1, 0.15) is 0 Å². The zero-order valence-corrected chi connectivity index (χ0v) is 7.88. The van der Waals surface area contributed by atoms with Gasteiger partial charge in [-0.3, -0.25) is 4.79 Å². The van der Waals surface area contributed by atoms with Gasteiger partial charge >= 0.3 is 5.97 Å². The van der Waals surface area contributed by atoms with Crippen LogP contribution in [0.1, 0.15) is 25.7 Å². The number of nitrogens with two attached hydrogens (primary N) is 1. The highest BCUT2D eigenvalue weighted by Crippen LogP contribution is 2.22. The van der Waals surface area contributed by atoms with Crippen molar-refractivity contribution in [2.24, 2.45) is 5.73 Å². The molecular weight excluding hydrogens is 184 g/mol. The number of carbonyl (C=O) groups excluding carboxylic acids is 1. The Balaban J connectivity index is 2.78. The van der Waals surface area contributed by atoms with Gasteiger partial charge in [0.05, 0.1) is 12.1 Å². The minimum Gasteiger partial charge on any atom is -0.478 e. The number of hydrogen-bond donors (Lipinski definition) is 3. The van der Waals surface area contributed by atoms with Gasteiger partial charge in [-0.05, 0) is 25.7 Å². The molecule has 0 aromatic rings. The van der Waals surface area contributed by atoms with Gasteiger partial charge in [0.2, 0.25) is 5.91 Å². The Labute approximate surface area is 82.0 Å². The molecule has 4 N–H and O–H groups in total. The number of carboxylic acids is 1. The smallest absolute Gasteiger partial charge is 0.333 e. The van der Waals surface area contributed by atoms with Crippen molar-refractivity contribution >= 4 is 11.9 Å². The Morgan fingerprint density at radius 2 is 2.00 bits per heavy atom. The van der Waals surface area contributed by atoms with Crippen LogP contribution in [-0.4, -0.2) is 23.5 Å². The molecule has 78 valence electrons. The van der Waals surface area contributed by atoms with Crippen molar-refractivity contribution in [2.75, 3.05) is 6.54 Å². The van der Waals surface area contributed by atoms with Crippen molar-refractivity contribution in [2.45, 2.75) is 25.7 Å². The van der Waals surface area contributed by atoms with Crippen LogP contribution >= 0.6 is 0 Å². The summed E-state index contributed by atoms with van der Waals surface area (Å²) in [5, 5.41) is 11.4. The molecule has 0 fully saturated rings. The quantitative estimate of drug-likeness (QED) is 0.594. The molecule has 0 radical (unpaired) electrons. The zero-order valence-electron chi connectivity index (χ0n) is 7.88. The normalized spacial score (nSPS) is 16.6. The van der Waals surface area contributed by atoms with E-state index in [0.717, 1.165) is 12.8 Å². The summed E-state index contributed by atoms with van der Waals surface area (Å²) in [5.41, 5.74) is 5.97. The molecule has 14 heavy (non-hydrogen) atoms. The van der Waals surface area contributed by atoms with Gasteiger partial charge in [-0.15, -0.1) is 0 Å². The van der Waals surface area contributed by atoms with E-state index in [0.29, 0.717) is 24.1 Å². The lowest BCUT2D eigenvalue weighted by atomic mass is 9.96. The first-order chi connectivity index (χ1) is 6.65. The highest BCUT2D eigenvalue weighted by Gasteiger charge is 2.19. The lowest BCUT2D eigenvalue weighted by molar-refractivity contribution is -0.133. The predicted molar refractivity (Wildman–Crippen MR) is 50.3 cm³/mol. The number of allylic oxidation sites excluding steroid dienone is 1. The second-order valence-electron chi connectivity index (χ2n) is 3.22. The maximum Gasteiger partial charge on any atom is 0.333 e. The van der Waals surface area contributed by atoms with Gasteiger partial charge in [-0.2, -0.15) is 0 Å². The number of amides is 1. The van der Waals surface area contributed by atoms with E-state index in [9.17, 15) is 9.59 Å². The highest BCUT2D eigenvalue weighted by molar-refractivity contribution is 5.89. The average Bonchev–Trinajstić information content (AvgIpc) is 2.18. The van der Waals surface area contributed by atoms with Crippen LogP contribution in [0, 0.1) is 0 Å². The fourth-order valence-electron chi connectivity index (χ4n) is 1.50. The molecule has 0 aromatic carbocycles. The number of carboxylic acid groups (broad SMARTS) is 1.